The Bertz CT molecular complexity index is 451. The van der Waals surface area contributed by atoms with Crippen molar-refractivity contribution in [2.24, 2.45) is 0 Å². The van der Waals surface area contributed by atoms with Gasteiger partial charge in [0.15, 0.2) is 0 Å². The first kappa shape index (κ1) is 11.0. The third-order valence-electron chi connectivity index (χ3n) is 2.39. The van der Waals surface area contributed by atoms with Crippen molar-refractivity contribution in [2.45, 2.75) is 13.1 Å². The SMILES string of the molecule is C[Si](C)c1cccc(Oc2ccccc2)c1. The molecule has 1 nitrogen and oxygen atoms in total. The van der Waals surface area contributed by atoms with Crippen LogP contribution < -0.4 is 9.92 Å². The number of hydrogen-bond acceptors (Lipinski definition) is 1. The zero-order chi connectivity index (χ0) is 11.4. The van der Waals surface area contributed by atoms with Crippen LogP contribution in [0.2, 0.25) is 13.1 Å². The Labute approximate surface area is 98.3 Å². The van der Waals surface area contributed by atoms with Crippen LogP contribution >= 0.6 is 0 Å². The summed E-state index contributed by atoms with van der Waals surface area (Å²) >= 11 is 0. The smallest absolute Gasteiger partial charge is 0.127 e. The van der Waals surface area contributed by atoms with Gasteiger partial charge in [-0.15, -0.1) is 0 Å². The summed E-state index contributed by atoms with van der Waals surface area (Å²) in [5, 5.41) is 1.40. The normalized spacial score (nSPS) is 10.4. The van der Waals surface area contributed by atoms with Crippen LogP contribution in [0.5, 0.6) is 11.5 Å². The molecule has 2 heteroatoms. The van der Waals surface area contributed by atoms with E-state index < -0.39 is 8.80 Å². The molecule has 0 bridgehead atoms. The highest BCUT2D eigenvalue weighted by atomic mass is 28.3. The molecule has 2 aromatic rings. The zero-order valence-corrected chi connectivity index (χ0v) is 10.6. The monoisotopic (exact) mass is 227 g/mol. The van der Waals surface area contributed by atoms with Crippen LogP contribution in [-0.2, 0) is 0 Å². The second-order valence-corrected chi connectivity index (χ2v) is 6.52. The molecule has 0 heterocycles. The Morgan fingerprint density at radius 1 is 0.812 bits per heavy atom. The average Bonchev–Trinajstić information content (AvgIpc) is 2.30. The van der Waals surface area contributed by atoms with Crippen molar-refractivity contribution in [3.05, 3.63) is 54.6 Å². The molecular formula is C14H15OSi. The van der Waals surface area contributed by atoms with Crippen LogP contribution in [-0.4, -0.2) is 8.80 Å². The largest absolute Gasteiger partial charge is 0.457 e. The van der Waals surface area contributed by atoms with Gasteiger partial charge in [-0.2, -0.15) is 0 Å². The predicted octanol–water partition coefficient (Wildman–Crippen LogP) is 3.44. The molecule has 0 N–H and O–H groups in total. The van der Waals surface area contributed by atoms with Gasteiger partial charge in [0, 0.05) is 0 Å². The third kappa shape index (κ3) is 2.73. The van der Waals surface area contributed by atoms with Gasteiger partial charge in [0.25, 0.3) is 0 Å². The second kappa shape index (κ2) is 4.99. The minimum absolute atomic E-state index is 0.406. The molecule has 0 unspecified atom stereocenters. The molecule has 16 heavy (non-hydrogen) atoms. The number of hydrogen-bond donors (Lipinski definition) is 0. The van der Waals surface area contributed by atoms with Crippen molar-refractivity contribution in [2.75, 3.05) is 0 Å². The van der Waals surface area contributed by atoms with Gasteiger partial charge in [0.1, 0.15) is 11.5 Å². The molecule has 81 valence electrons. The lowest BCUT2D eigenvalue weighted by Crippen LogP contribution is -2.21. The highest BCUT2D eigenvalue weighted by Crippen LogP contribution is 2.19. The summed E-state index contributed by atoms with van der Waals surface area (Å²) in [5.41, 5.74) is 0. The number of benzene rings is 2. The van der Waals surface area contributed by atoms with Crippen molar-refractivity contribution in [3.8, 4) is 11.5 Å². The highest BCUT2D eigenvalue weighted by molar-refractivity contribution is 6.70. The molecule has 0 aliphatic carbocycles. The summed E-state index contributed by atoms with van der Waals surface area (Å²) in [6, 6.07) is 18.3. The van der Waals surface area contributed by atoms with E-state index in [1.165, 1.54) is 5.19 Å². The van der Waals surface area contributed by atoms with Gasteiger partial charge in [0.2, 0.25) is 0 Å². The molecule has 2 aromatic carbocycles. The summed E-state index contributed by atoms with van der Waals surface area (Å²) in [6.45, 7) is 4.57. The first-order valence-electron chi connectivity index (χ1n) is 5.39. The summed E-state index contributed by atoms with van der Waals surface area (Å²) < 4.78 is 5.79. The molecule has 0 aromatic heterocycles. The molecule has 1 radical (unpaired) electrons. The molecule has 0 aliphatic rings. The van der Waals surface area contributed by atoms with E-state index >= 15 is 0 Å². The van der Waals surface area contributed by atoms with E-state index in [9.17, 15) is 0 Å². The Balaban J connectivity index is 2.19. The zero-order valence-electron chi connectivity index (χ0n) is 9.60. The minimum Gasteiger partial charge on any atom is -0.457 e. The minimum atomic E-state index is -0.406. The summed E-state index contributed by atoms with van der Waals surface area (Å²) in [7, 11) is -0.406. The van der Waals surface area contributed by atoms with Crippen LogP contribution in [0.1, 0.15) is 0 Å². The summed E-state index contributed by atoms with van der Waals surface area (Å²) in [4.78, 5) is 0. The van der Waals surface area contributed by atoms with Crippen LogP contribution in [0.15, 0.2) is 54.6 Å². The number of para-hydroxylation sites is 1. The molecule has 2 rings (SSSR count). The van der Waals surface area contributed by atoms with E-state index in [0.717, 1.165) is 11.5 Å². The molecular weight excluding hydrogens is 212 g/mol. The van der Waals surface area contributed by atoms with Crippen LogP contribution in [0.4, 0.5) is 0 Å². The Hall–Kier alpha value is -1.54. The highest BCUT2D eigenvalue weighted by Gasteiger charge is 2.02. The summed E-state index contributed by atoms with van der Waals surface area (Å²) in [5.74, 6) is 1.82. The lowest BCUT2D eigenvalue weighted by molar-refractivity contribution is 0.483. The molecule has 0 spiro atoms. The van der Waals surface area contributed by atoms with Gasteiger partial charge in [0.05, 0.1) is 8.80 Å². The average molecular weight is 227 g/mol. The molecule has 0 saturated heterocycles. The van der Waals surface area contributed by atoms with Crippen molar-refractivity contribution in [1.82, 2.24) is 0 Å². The van der Waals surface area contributed by atoms with E-state index in [2.05, 4.69) is 31.3 Å². The van der Waals surface area contributed by atoms with Gasteiger partial charge >= 0.3 is 0 Å². The maximum absolute atomic E-state index is 5.79. The first-order chi connectivity index (χ1) is 7.75. The van der Waals surface area contributed by atoms with Crippen LogP contribution in [0.25, 0.3) is 0 Å². The molecule has 0 aliphatic heterocycles. The molecule has 0 amide bonds. The van der Waals surface area contributed by atoms with E-state index in [-0.39, 0.29) is 0 Å². The lowest BCUT2D eigenvalue weighted by Gasteiger charge is -2.08. The van der Waals surface area contributed by atoms with Gasteiger partial charge in [-0.25, -0.2) is 0 Å². The fourth-order valence-electron chi connectivity index (χ4n) is 1.50. The first-order valence-corrected chi connectivity index (χ1v) is 7.89. The van der Waals surface area contributed by atoms with Gasteiger partial charge < -0.3 is 4.74 Å². The van der Waals surface area contributed by atoms with Crippen molar-refractivity contribution in [1.29, 1.82) is 0 Å². The fourth-order valence-corrected chi connectivity index (χ4v) is 2.36. The van der Waals surface area contributed by atoms with E-state index in [0.29, 0.717) is 0 Å². The van der Waals surface area contributed by atoms with Crippen LogP contribution in [0, 0.1) is 0 Å². The van der Waals surface area contributed by atoms with Crippen molar-refractivity contribution in [3.63, 3.8) is 0 Å². The molecule has 0 saturated carbocycles. The van der Waals surface area contributed by atoms with Gasteiger partial charge in [-0.1, -0.05) is 48.6 Å². The Kier molecular flexibility index (Phi) is 3.42. The second-order valence-electron chi connectivity index (χ2n) is 3.94. The quantitative estimate of drug-likeness (QED) is 0.730. The topological polar surface area (TPSA) is 9.23 Å². The van der Waals surface area contributed by atoms with Gasteiger partial charge in [-0.05, 0) is 24.3 Å². The number of rotatable bonds is 3. The maximum atomic E-state index is 5.79. The van der Waals surface area contributed by atoms with Crippen molar-refractivity contribution >= 4 is 14.0 Å². The fraction of sp³-hybridized carbons (Fsp3) is 0.143. The standard InChI is InChI=1S/C14H15OSi/c1-16(2)14-10-6-9-13(11-14)15-12-7-4-3-5-8-12/h3-11H,1-2H3. The third-order valence-corrected chi connectivity index (χ3v) is 3.86. The van der Waals surface area contributed by atoms with E-state index in [4.69, 9.17) is 4.74 Å². The van der Waals surface area contributed by atoms with Crippen molar-refractivity contribution < 1.29 is 4.74 Å². The molecule has 0 fully saturated rings. The lowest BCUT2D eigenvalue weighted by atomic mass is 10.3. The predicted molar refractivity (Wildman–Crippen MR) is 70.1 cm³/mol. The number of ether oxygens (including phenoxy) is 1. The van der Waals surface area contributed by atoms with Crippen LogP contribution in [0.3, 0.4) is 0 Å². The maximum Gasteiger partial charge on any atom is 0.127 e. The Morgan fingerprint density at radius 2 is 1.50 bits per heavy atom. The molecule has 0 atom stereocenters. The van der Waals surface area contributed by atoms with E-state index in [1.54, 1.807) is 0 Å². The Morgan fingerprint density at radius 3 is 2.19 bits per heavy atom. The summed E-state index contributed by atoms with van der Waals surface area (Å²) in [6.07, 6.45) is 0. The van der Waals surface area contributed by atoms with Gasteiger partial charge in [-0.3, -0.25) is 0 Å². The van der Waals surface area contributed by atoms with E-state index in [1.807, 2.05) is 36.4 Å².